The molecule has 2 unspecified atom stereocenters. The first-order valence-electron chi connectivity index (χ1n) is 14.6. The molecule has 0 spiro atoms. The molecule has 0 aliphatic carbocycles. The van der Waals surface area contributed by atoms with Crippen LogP contribution in [-0.2, 0) is 16.6 Å². The number of benzene rings is 3. The highest BCUT2D eigenvalue weighted by Crippen LogP contribution is 2.41. The van der Waals surface area contributed by atoms with E-state index in [-0.39, 0.29) is 23.2 Å². The third kappa shape index (κ3) is 6.58. The minimum absolute atomic E-state index is 0.0448. The predicted octanol–water partition coefficient (Wildman–Crippen LogP) is 8.73. The second-order valence-electron chi connectivity index (χ2n) is 11.1. The molecule has 2 atom stereocenters. The molecular formula is C36H44O2S. The number of thioether (sulfide) groups is 1. The lowest BCUT2D eigenvalue weighted by molar-refractivity contribution is -0.118. The Morgan fingerprint density at radius 3 is 2.21 bits per heavy atom. The lowest BCUT2D eigenvalue weighted by atomic mass is 9.69. The minimum Gasteiger partial charge on any atom is -0.392 e. The Balaban J connectivity index is 1.60. The number of Topliss-reactive ketones (excluding diaryl/α,β-unsaturated/α-hetero) is 1. The highest BCUT2D eigenvalue weighted by atomic mass is 32.2. The molecule has 3 aromatic carbocycles. The van der Waals surface area contributed by atoms with E-state index in [1.807, 2.05) is 18.7 Å². The van der Waals surface area contributed by atoms with Gasteiger partial charge >= 0.3 is 0 Å². The van der Waals surface area contributed by atoms with Crippen LogP contribution in [0.25, 0.3) is 17.2 Å². The van der Waals surface area contributed by atoms with Crippen LogP contribution < -0.4 is 0 Å². The summed E-state index contributed by atoms with van der Waals surface area (Å²) in [4.78, 5) is 11.8. The first kappa shape index (κ1) is 29.4. The van der Waals surface area contributed by atoms with Gasteiger partial charge in [-0.1, -0.05) is 93.6 Å². The summed E-state index contributed by atoms with van der Waals surface area (Å²) in [5, 5.41) is 10.3. The van der Waals surface area contributed by atoms with Crippen molar-refractivity contribution in [2.24, 2.45) is 5.92 Å². The highest BCUT2D eigenvalue weighted by Gasteiger charge is 2.31. The second kappa shape index (κ2) is 13.2. The van der Waals surface area contributed by atoms with Gasteiger partial charge in [0.25, 0.3) is 0 Å². The first-order valence-corrected chi connectivity index (χ1v) is 15.7. The van der Waals surface area contributed by atoms with Gasteiger partial charge in [0, 0.05) is 29.9 Å². The molecule has 1 N–H and O–H groups in total. The van der Waals surface area contributed by atoms with Gasteiger partial charge in [0.2, 0.25) is 0 Å². The number of aryl methyl sites for hydroxylation is 2. The smallest absolute Gasteiger partial charge is 0.136 e. The third-order valence-corrected chi connectivity index (χ3v) is 9.90. The molecule has 1 aliphatic rings. The molecule has 206 valence electrons. The van der Waals surface area contributed by atoms with Crippen molar-refractivity contribution in [3.8, 4) is 11.1 Å². The van der Waals surface area contributed by atoms with E-state index in [0.29, 0.717) is 12.8 Å². The molecule has 4 rings (SSSR count). The van der Waals surface area contributed by atoms with Gasteiger partial charge in [-0.25, -0.2) is 0 Å². The predicted molar refractivity (Wildman–Crippen MR) is 169 cm³/mol. The van der Waals surface area contributed by atoms with Gasteiger partial charge in [0.15, 0.2) is 0 Å². The Hall–Kier alpha value is -2.62. The zero-order valence-electron chi connectivity index (χ0n) is 24.3. The van der Waals surface area contributed by atoms with Crippen LogP contribution in [0, 0.1) is 19.8 Å². The highest BCUT2D eigenvalue weighted by molar-refractivity contribution is 7.99. The van der Waals surface area contributed by atoms with Crippen molar-refractivity contribution in [1.82, 2.24) is 0 Å². The van der Waals surface area contributed by atoms with Gasteiger partial charge in [0.1, 0.15) is 5.78 Å². The van der Waals surface area contributed by atoms with E-state index in [4.69, 9.17) is 0 Å². The van der Waals surface area contributed by atoms with E-state index < -0.39 is 0 Å². The summed E-state index contributed by atoms with van der Waals surface area (Å²) in [6.07, 6.45) is 8.25. The second-order valence-corrected chi connectivity index (χ2v) is 12.3. The van der Waals surface area contributed by atoms with Crippen molar-refractivity contribution in [3.63, 3.8) is 0 Å². The van der Waals surface area contributed by atoms with Gasteiger partial charge in [-0.05, 0) is 83.4 Å². The number of carbonyl (C=O) groups is 1. The largest absolute Gasteiger partial charge is 0.392 e. The number of rotatable bonds is 10. The maximum Gasteiger partial charge on any atom is 0.136 e. The van der Waals surface area contributed by atoms with E-state index in [0.717, 1.165) is 36.3 Å². The molecular weight excluding hydrogens is 496 g/mol. The Bertz CT molecular complexity index is 1300. The lowest BCUT2D eigenvalue weighted by Crippen LogP contribution is -2.26. The Labute approximate surface area is 239 Å². The summed E-state index contributed by atoms with van der Waals surface area (Å²) < 4.78 is 0. The van der Waals surface area contributed by atoms with Crippen molar-refractivity contribution in [2.45, 2.75) is 78.2 Å². The molecule has 2 nitrogen and oxygen atoms in total. The fourth-order valence-corrected chi connectivity index (χ4v) is 7.17. The molecule has 1 saturated heterocycles. The van der Waals surface area contributed by atoms with Gasteiger partial charge in [0.05, 0.1) is 6.10 Å². The summed E-state index contributed by atoms with van der Waals surface area (Å²) in [7, 11) is 0. The fraction of sp³-hybridized carbons (Fsp3) is 0.417. The van der Waals surface area contributed by atoms with Crippen LogP contribution >= 0.6 is 11.8 Å². The lowest BCUT2D eigenvalue weighted by Gasteiger charge is -2.34. The van der Waals surface area contributed by atoms with Gasteiger partial charge < -0.3 is 5.11 Å². The average molecular weight is 541 g/mol. The number of carbonyl (C=O) groups excluding carboxylic acids is 1. The molecule has 39 heavy (non-hydrogen) atoms. The SMILES string of the molecule is CCC(=O)Cc1ccc(-c2ccc(C(CC)(CC)c3ccc(/C=C/C4CSCCC4O)c(C)c3)cc2C)cc1. The topological polar surface area (TPSA) is 37.3 Å². The van der Waals surface area contributed by atoms with Crippen molar-refractivity contribution in [1.29, 1.82) is 0 Å². The van der Waals surface area contributed by atoms with Crippen molar-refractivity contribution >= 4 is 23.6 Å². The normalized spacial score (nSPS) is 18.0. The first-order chi connectivity index (χ1) is 18.8. The summed E-state index contributed by atoms with van der Waals surface area (Å²) in [6, 6.07) is 22.4. The number of aliphatic hydroxyl groups is 1. The Kier molecular flexibility index (Phi) is 9.91. The zero-order chi connectivity index (χ0) is 28.0. The molecule has 3 heteroatoms. The standard InChI is InChI=1S/C36H44O2S/c1-6-33(37)23-27-9-11-29(12-10-27)34-18-17-32(22-26(34)5)36(7-2,8-3)31-16-15-28(25(4)21-31)13-14-30-24-39-20-19-35(30)38/h9-18,21-22,30,35,38H,6-8,19-20,23-24H2,1-5H3/b14-13+. The van der Waals surface area contributed by atoms with Gasteiger partial charge in [-0.15, -0.1) is 0 Å². The third-order valence-electron chi connectivity index (χ3n) is 8.75. The van der Waals surface area contributed by atoms with Crippen LogP contribution in [0.1, 0.15) is 79.8 Å². The molecule has 1 heterocycles. The van der Waals surface area contributed by atoms with Crippen LogP contribution in [0.4, 0.5) is 0 Å². The monoisotopic (exact) mass is 540 g/mol. The van der Waals surface area contributed by atoms with Crippen LogP contribution in [0.5, 0.6) is 0 Å². The zero-order valence-corrected chi connectivity index (χ0v) is 25.1. The van der Waals surface area contributed by atoms with Crippen LogP contribution in [0.3, 0.4) is 0 Å². The van der Waals surface area contributed by atoms with E-state index in [1.54, 1.807) is 0 Å². The minimum atomic E-state index is -0.218. The van der Waals surface area contributed by atoms with Crippen molar-refractivity contribution in [3.05, 3.63) is 100 Å². The molecule has 0 bridgehead atoms. The molecule has 0 aromatic heterocycles. The molecule has 3 aromatic rings. The van der Waals surface area contributed by atoms with E-state index in [9.17, 15) is 9.90 Å². The van der Waals surface area contributed by atoms with Crippen molar-refractivity contribution in [2.75, 3.05) is 11.5 Å². The maximum atomic E-state index is 11.8. The Morgan fingerprint density at radius 1 is 0.949 bits per heavy atom. The Morgan fingerprint density at radius 2 is 1.62 bits per heavy atom. The molecule has 0 amide bonds. The van der Waals surface area contributed by atoms with Gasteiger partial charge in [-0.3, -0.25) is 4.79 Å². The molecule has 1 aliphatic heterocycles. The summed E-state index contributed by atoms with van der Waals surface area (Å²) in [5.41, 5.74) is 10.00. The van der Waals surface area contributed by atoms with E-state index >= 15 is 0 Å². The van der Waals surface area contributed by atoms with E-state index in [1.165, 1.54) is 38.9 Å². The van der Waals surface area contributed by atoms with E-state index in [2.05, 4.69) is 101 Å². The molecule has 0 saturated carbocycles. The average Bonchev–Trinajstić information content (AvgIpc) is 2.95. The van der Waals surface area contributed by atoms with Gasteiger partial charge in [-0.2, -0.15) is 11.8 Å². The quantitative estimate of drug-likeness (QED) is 0.279. The van der Waals surface area contributed by atoms with Crippen LogP contribution in [0.15, 0.2) is 66.7 Å². The summed E-state index contributed by atoms with van der Waals surface area (Å²) >= 11 is 1.94. The van der Waals surface area contributed by atoms with Crippen molar-refractivity contribution < 1.29 is 9.90 Å². The molecule has 0 radical (unpaired) electrons. The maximum absolute atomic E-state index is 11.8. The summed E-state index contributed by atoms with van der Waals surface area (Å²) in [5.74, 6) is 2.58. The van der Waals surface area contributed by atoms with Crippen LogP contribution in [-0.4, -0.2) is 28.5 Å². The molecule has 1 fully saturated rings. The number of hydrogen-bond donors (Lipinski definition) is 1. The fourth-order valence-electron chi connectivity index (χ4n) is 5.99. The summed E-state index contributed by atoms with van der Waals surface area (Å²) in [6.45, 7) is 10.9. The number of ketones is 1. The number of aliphatic hydroxyl groups excluding tert-OH is 1. The number of hydrogen-bond acceptors (Lipinski definition) is 3. The van der Waals surface area contributed by atoms with Crippen LogP contribution in [0.2, 0.25) is 0 Å².